The third-order valence-electron chi connectivity index (χ3n) is 4.46. The molecule has 1 aliphatic heterocycles. The van der Waals surface area contributed by atoms with Gasteiger partial charge in [0.05, 0.1) is 17.6 Å². The summed E-state index contributed by atoms with van der Waals surface area (Å²) < 4.78 is 10.5. The molecular weight excluding hydrogens is 360 g/mol. The summed E-state index contributed by atoms with van der Waals surface area (Å²) in [6.45, 7) is 2.85. The van der Waals surface area contributed by atoms with Crippen LogP contribution >= 0.6 is 0 Å². The molecule has 0 bridgehead atoms. The molecule has 3 rings (SSSR count). The lowest BCUT2D eigenvalue weighted by atomic mass is 9.99. The Morgan fingerprint density at radius 1 is 1.21 bits per heavy atom. The minimum atomic E-state index is -0.914. The summed E-state index contributed by atoms with van der Waals surface area (Å²) in [5, 5.41) is 11.5. The van der Waals surface area contributed by atoms with Crippen LogP contribution in [0.1, 0.15) is 41.3 Å². The van der Waals surface area contributed by atoms with Crippen molar-refractivity contribution in [1.29, 1.82) is 5.26 Å². The summed E-state index contributed by atoms with van der Waals surface area (Å²) in [6.07, 6.45) is -0.914. The van der Waals surface area contributed by atoms with Crippen molar-refractivity contribution in [3.63, 3.8) is 0 Å². The van der Waals surface area contributed by atoms with Crippen LogP contribution < -0.4 is 10.1 Å². The van der Waals surface area contributed by atoms with Gasteiger partial charge >= 0.3 is 5.97 Å². The highest BCUT2D eigenvalue weighted by Crippen LogP contribution is 2.32. The summed E-state index contributed by atoms with van der Waals surface area (Å²) in [5.41, 5.74) is 2.29. The first-order valence-corrected chi connectivity index (χ1v) is 8.70. The molecule has 0 radical (unpaired) electrons. The van der Waals surface area contributed by atoms with Crippen molar-refractivity contribution < 1.29 is 23.9 Å². The van der Waals surface area contributed by atoms with Crippen LogP contribution in [-0.2, 0) is 14.3 Å². The zero-order valence-corrected chi connectivity index (χ0v) is 15.4. The molecule has 0 saturated carbocycles. The zero-order chi connectivity index (χ0) is 20.3. The monoisotopic (exact) mass is 378 g/mol. The van der Waals surface area contributed by atoms with E-state index in [0.717, 1.165) is 5.56 Å². The normalized spacial score (nSPS) is 15.8. The quantitative estimate of drug-likeness (QED) is 0.612. The van der Waals surface area contributed by atoms with E-state index in [-0.39, 0.29) is 17.6 Å². The van der Waals surface area contributed by atoms with E-state index in [1.54, 1.807) is 49.4 Å². The summed E-state index contributed by atoms with van der Waals surface area (Å²) >= 11 is 0. The second-order valence-corrected chi connectivity index (χ2v) is 6.44. The Balaban J connectivity index is 1.56. The van der Waals surface area contributed by atoms with Crippen LogP contribution in [0, 0.1) is 11.3 Å². The van der Waals surface area contributed by atoms with Crippen molar-refractivity contribution >= 4 is 23.3 Å². The maximum Gasteiger partial charge on any atom is 0.347 e. The molecule has 0 saturated heterocycles. The Hall–Kier alpha value is -3.66. The molecule has 1 N–H and O–H groups in total. The van der Waals surface area contributed by atoms with Gasteiger partial charge in [-0.2, -0.15) is 5.26 Å². The Labute approximate surface area is 161 Å². The van der Waals surface area contributed by atoms with Crippen molar-refractivity contribution in [2.45, 2.75) is 25.9 Å². The molecule has 0 spiro atoms. The molecule has 2 aromatic carbocycles. The number of benzene rings is 2. The Morgan fingerprint density at radius 3 is 2.61 bits per heavy atom. The second-order valence-electron chi connectivity index (χ2n) is 6.44. The van der Waals surface area contributed by atoms with Crippen LogP contribution in [-0.4, -0.2) is 30.4 Å². The van der Waals surface area contributed by atoms with Gasteiger partial charge < -0.3 is 14.8 Å². The number of nitriles is 1. The van der Waals surface area contributed by atoms with Crippen molar-refractivity contribution in [3.05, 3.63) is 59.2 Å². The van der Waals surface area contributed by atoms with Crippen LogP contribution in [0.15, 0.2) is 42.5 Å². The first-order chi connectivity index (χ1) is 13.4. The number of hydrogen-bond donors (Lipinski definition) is 1. The molecule has 2 atom stereocenters. The van der Waals surface area contributed by atoms with Gasteiger partial charge in [0.15, 0.2) is 18.5 Å². The third kappa shape index (κ3) is 4.01. The Bertz CT molecular complexity index is 975. The fourth-order valence-electron chi connectivity index (χ4n) is 2.79. The van der Waals surface area contributed by atoms with E-state index in [0.29, 0.717) is 22.6 Å². The van der Waals surface area contributed by atoms with E-state index < -0.39 is 18.7 Å². The summed E-state index contributed by atoms with van der Waals surface area (Å²) in [5.74, 6) is -1.07. The van der Waals surface area contributed by atoms with Crippen molar-refractivity contribution in [3.8, 4) is 11.8 Å². The van der Waals surface area contributed by atoms with E-state index in [9.17, 15) is 14.4 Å². The van der Waals surface area contributed by atoms with E-state index in [4.69, 9.17) is 14.7 Å². The number of fused-ring (bicyclic) bond motifs is 1. The first-order valence-electron chi connectivity index (χ1n) is 8.70. The number of amides is 1. The molecule has 2 aromatic rings. The highest BCUT2D eigenvalue weighted by Gasteiger charge is 2.27. The average molecular weight is 378 g/mol. The number of esters is 1. The summed E-state index contributed by atoms with van der Waals surface area (Å²) in [4.78, 5) is 36.1. The fraction of sp³-hybridized carbons (Fsp3) is 0.238. The van der Waals surface area contributed by atoms with Crippen LogP contribution in [0.25, 0.3) is 0 Å². The number of hydrogen-bond acceptors (Lipinski definition) is 6. The summed E-state index contributed by atoms with van der Waals surface area (Å²) in [6, 6.07) is 13.2. The SMILES string of the molecule is C[C@@H]1C(=O)Nc2ccc(C(=O)COC(=O)[C@@H](C)Oc3ccc(C#N)cc3)cc21. The van der Waals surface area contributed by atoms with Crippen molar-refractivity contribution in [2.24, 2.45) is 0 Å². The van der Waals surface area contributed by atoms with E-state index >= 15 is 0 Å². The number of Topliss-reactive ketones (excluding diaryl/α,β-unsaturated/α-hetero) is 1. The van der Waals surface area contributed by atoms with E-state index in [1.165, 1.54) is 6.92 Å². The van der Waals surface area contributed by atoms with Crippen molar-refractivity contribution in [1.82, 2.24) is 0 Å². The highest BCUT2D eigenvalue weighted by molar-refractivity contribution is 6.05. The Morgan fingerprint density at radius 2 is 1.93 bits per heavy atom. The Kier molecular flexibility index (Phi) is 5.41. The predicted molar refractivity (Wildman–Crippen MR) is 100 cm³/mol. The molecule has 0 aliphatic carbocycles. The minimum Gasteiger partial charge on any atom is -0.479 e. The minimum absolute atomic E-state index is 0.111. The van der Waals surface area contributed by atoms with Gasteiger partial charge in [0.25, 0.3) is 0 Å². The molecule has 0 fully saturated rings. The standard InChI is InChI=1S/C21H18N2O5/c1-12-17-9-15(5-8-18(17)23-20(12)25)19(24)11-27-21(26)13(2)28-16-6-3-14(10-22)4-7-16/h3-9,12-13H,11H2,1-2H3,(H,23,25)/t12-,13+/m0/s1. The number of ketones is 1. The van der Waals surface area contributed by atoms with Gasteiger partial charge in [-0.15, -0.1) is 0 Å². The van der Waals surface area contributed by atoms with Gasteiger partial charge in [-0.05, 0) is 61.9 Å². The molecule has 0 aromatic heterocycles. The zero-order valence-electron chi connectivity index (χ0n) is 15.4. The smallest absolute Gasteiger partial charge is 0.347 e. The molecule has 1 heterocycles. The molecule has 28 heavy (non-hydrogen) atoms. The number of rotatable bonds is 6. The molecule has 1 aliphatic rings. The number of nitrogens with zero attached hydrogens (tertiary/aromatic N) is 1. The number of anilines is 1. The number of carbonyl (C=O) groups is 3. The topological polar surface area (TPSA) is 105 Å². The molecule has 7 heteroatoms. The lowest BCUT2D eigenvalue weighted by Gasteiger charge is -2.14. The molecule has 7 nitrogen and oxygen atoms in total. The summed E-state index contributed by atoms with van der Waals surface area (Å²) in [7, 11) is 0. The van der Waals surface area contributed by atoms with Gasteiger partial charge in [-0.1, -0.05) is 0 Å². The van der Waals surface area contributed by atoms with Gasteiger partial charge in [-0.25, -0.2) is 4.79 Å². The van der Waals surface area contributed by atoms with Crippen LogP contribution in [0.2, 0.25) is 0 Å². The number of carbonyl (C=O) groups excluding carboxylic acids is 3. The molecule has 1 amide bonds. The first kappa shape index (κ1) is 19.1. The van der Waals surface area contributed by atoms with Gasteiger partial charge in [0.2, 0.25) is 5.91 Å². The average Bonchev–Trinajstić information content (AvgIpc) is 2.99. The maximum atomic E-state index is 12.3. The molecular formula is C21H18N2O5. The molecule has 0 unspecified atom stereocenters. The number of ether oxygens (including phenoxy) is 2. The maximum absolute atomic E-state index is 12.3. The van der Waals surface area contributed by atoms with Crippen LogP contribution in [0.3, 0.4) is 0 Å². The van der Waals surface area contributed by atoms with Gasteiger partial charge in [0.1, 0.15) is 5.75 Å². The number of nitrogens with one attached hydrogen (secondary N) is 1. The molecule has 142 valence electrons. The second kappa shape index (κ2) is 7.92. The highest BCUT2D eigenvalue weighted by atomic mass is 16.6. The van der Waals surface area contributed by atoms with Crippen LogP contribution in [0.5, 0.6) is 5.75 Å². The van der Waals surface area contributed by atoms with Crippen molar-refractivity contribution in [2.75, 3.05) is 11.9 Å². The van der Waals surface area contributed by atoms with Gasteiger partial charge in [-0.3, -0.25) is 9.59 Å². The lowest BCUT2D eigenvalue weighted by molar-refractivity contribution is -0.149. The van der Waals surface area contributed by atoms with Crippen LogP contribution in [0.4, 0.5) is 5.69 Å². The van der Waals surface area contributed by atoms with E-state index in [1.807, 2.05) is 6.07 Å². The van der Waals surface area contributed by atoms with Gasteiger partial charge in [0, 0.05) is 11.3 Å². The van der Waals surface area contributed by atoms with E-state index in [2.05, 4.69) is 5.32 Å². The lowest BCUT2D eigenvalue weighted by Crippen LogP contribution is -2.28. The fourth-order valence-corrected chi connectivity index (χ4v) is 2.79. The predicted octanol–water partition coefficient (Wildman–Crippen LogP) is 2.81. The largest absolute Gasteiger partial charge is 0.479 e. The third-order valence-corrected chi connectivity index (χ3v) is 4.46.